The Balaban J connectivity index is 1.69. The zero-order valence-electron chi connectivity index (χ0n) is 10.3. The summed E-state index contributed by atoms with van der Waals surface area (Å²) in [5.41, 5.74) is -0.946. The zero-order valence-corrected chi connectivity index (χ0v) is 10.3. The van der Waals surface area contributed by atoms with E-state index in [1.807, 2.05) is 0 Å². The Morgan fingerprint density at radius 1 is 1.47 bits per heavy atom. The van der Waals surface area contributed by atoms with Crippen LogP contribution in [0.25, 0.3) is 0 Å². The monoisotopic (exact) mass is 265 g/mol. The quantitative estimate of drug-likeness (QED) is 0.655. The van der Waals surface area contributed by atoms with Gasteiger partial charge in [0, 0.05) is 13.1 Å². The van der Waals surface area contributed by atoms with Crippen molar-refractivity contribution in [2.75, 3.05) is 13.1 Å². The lowest BCUT2D eigenvalue weighted by Gasteiger charge is -2.37. The van der Waals surface area contributed by atoms with Gasteiger partial charge in [0.05, 0.1) is 12.2 Å². The fraction of sp³-hybridized carbons (Fsp3) is 0.636. The second-order valence-corrected chi connectivity index (χ2v) is 5.09. The van der Waals surface area contributed by atoms with Gasteiger partial charge in [0.15, 0.2) is 5.69 Å². The molecular formula is C11H15N5O3. The Hall–Kier alpha value is -1.96. The van der Waals surface area contributed by atoms with Crippen LogP contribution < -0.4 is 10.6 Å². The minimum atomic E-state index is -1.11. The number of aromatic nitrogens is 3. The van der Waals surface area contributed by atoms with Gasteiger partial charge in [-0.3, -0.25) is 4.79 Å². The Morgan fingerprint density at radius 3 is 2.68 bits per heavy atom. The molecule has 1 aliphatic carbocycles. The lowest BCUT2D eigenvalue weighted by atomic mass is 9.76. The van der Waals surface area contributed by atoms with E-state index in [9.17, 15) is 9.59 Å². The SMILES string of the molecule is O=C(NC1(C(=O)O)CCC1)c1cn(C2CNC2)nn1. The standard InChI is InChI=1S/C11H15N5O3/c17-9(13-11(10(18)19)2-1-3-11)8-6-16(15-14-8)7-4-12-5-7/h6-7,12H,1-5H2,(H,13,17)(H,18,19). The van der Waals surface area contributed by atoms with E-state index in [-0.39, 0.29) is 11.7 Å². The second-order valence-electron chi connectivity index (χ2n) is 5.09. The van der Waals surface area contributed by atoms with Gasteiger partial charge in [-0.25, -0.2) is 9.48 Å². The molecule has 0 atom stereocenters. The molecule has 0 aromatic carbocycles. The van der Waals surface area contributed by atoms with Crippen LogP contribution in [0.2, 0.25) is 0 Å². The minimum Gasteiger partial charge on any atom is -0.480 e. The maximum absolute atomic E-state index is 12.0. The molecule has 2 heterocycles. The van der Waals surface area contributed by atoms with Crippen LogP contribution in [-0.2, 0) is 4.79 Å². The van der Waals surface area contributed by atoms with Crippen LogP contribution in [0.3, 0.4) is 0 Å². The summed E-state index contributed by atoms with van der Waals surface area (Å²) in [6, 6.07) is 0.228. The van der Waals surface area contributed by atoms with Crippen LogP contribution in [0.1, 0.15) is 35.8 Å². The summed E-state index contributed by atoms with van der Waals surface area (Å²) in [5.74, 6) is -1.46. The number of carboxylic acids is 1. The third-order valence-electron chi connectivity index (χ3n) is 3.85. The smallest absolute Gasteiger partial charge is 0.329 e. The van der Waals surface area contributed by atoms with Crippen LogP contribution in [0.15, 0.2) is 6.20 Å². The molecule has 102 valence electrons. The highest BCUT2D eigenvalue weighted by molar-refractivity contribution is 5.96. The van der Waals surface area contributed by atoms with E-state index >= 15 is 0 Å². The van der Waals surface area contributed by atoms with E-state index in [1.54, 1.807) is 10.9 Å². The summed E-state index contributed by atoms with van der Waals surface area (Å²) < 4.78 is 1.64. The van der Waals surface area contributed by atoms with E-state index in [1.165, 1.54) is 0 Å². The average Bonchev–Trinajstić information content (AvgIpc) is 2.69. The average molecular weight is 265 g/mol. The first-order valence-corrected chi connectivity index (χ1v) is 6.29. The predicted octanol–water partition coefficient (Wildman–Crippen LogP) is -0.840. The first-order valence-electron chi connectivity index (χ1n) is 6.29. The third kappa shape index (κ3) is 1.97. The topological polar surface area (TPSA) is 109 Å². The summed E-state index contributed by atoms with van der Waals surface area (Å²) in [6.45, 7) is 1.62. The highest BCUT2D eigenvalue weighted by atomic mass is 16.4. The summed E-state index contributed by atoms with van der Waals surface area (Å²) in [4.78, 5) is 23.2. The summed E-state index contributed by atoms with van der Waals surface area (Å²) in [7, 11) is 0. The molecule has 2 aliphatic rings. The Bertz CT molecular complexity index is 518. The highest BCUT2D eigenvalue weighted by Gasteiger charge is 2.46. The van der Waals surface area contributed by atoms with Crippen LogP contribution in [0.5, 0.6) is 0 Å². The maximum atomic E-state index is 12.0. The molecule has 3 N–H and O–H groups in total. The van der Waals surface area contributed by atoms with Crippen molar-refractivity contribution in [3.63, 3.8) is 0 Å². The molecule has 2 fully saturated rings. The van der Waals surface area contributed by atoms with Crippen molar-refractivity contribution < 1.29 is 14.7 Å². The van der Waals surface area contributed by atoms with Crippen molar-refractivity contribution in [3.8, 4) is 0 Å². The number of rotatable bonds is 4. The largest absolute Gasteiger partial charge is 0.480 e. The summed E-state index contributed by atoms with van der Waals surface area (Å²) in [6.07, 6.45) is 3.31. The molecule has 1 amide bonds. The fourth-order valence-corrected chi connectivity index (χ4v) is 2.22. The van der Waals surface area contributed by atoms with Crippen LogP contribution >= 0.6 is 0 Å². The third-order valence-corrected chi connectivity index (χ3v) is 3.85. The molecule has 1 aromatic heterocycles. The summed E-state index contributed by atoms with van der Waals surface area (Å²) >= 11 is 0. The molecule has 0 spiro atoms. The van der Waals surface area contributed by atoms with Crippen molar-refractivity contribution >= 4 is 11.9 Å². The van der Waals surface area contributed by atoms with Gasteiger partial charge in [-0.2, -0.15) is 0 Å². The van der Waals surface area contributed by atoms with E-state index in [4.69, 9.17) is 5.11 Å². The number of aliphatic carboxylic acids is 1. The first-order chi connectivity index (χ1) is 9.11. The van der Waals surface area contributed by atoms with Gasteiger partial charge >= 0.3 is 5.97 Å². The minimum absolute atomic E-state index is 0.166. The number of hydrogen-bond acceptors (Lipinski definition) is 5. The van der Waals surface area contributed by atoms with E-state index in [2.05, 4.69) is 20.9 Å². The second kappa shape index (κ2) is 4.30. The van der Waals surface area contributed by atoms with Crippen molar-refractivity contribution in [2.45, 2.75) is 30.8 Å². The molecule has 1 saturated carbocycles. The Kier molecular flexibility index (Phi) is 2.74. The van der Waals surface area contributed by atoms with Gasteiger partial charge in [0.25, 0.3) is 5.91 Å². The van der Waals surface area contributed by atoms with Gasteiger partial charge < -0.3 is 15.7 Å². The van der Waals surface area contributed by atoms with Crippen molar-refractivity contribution in [2.24, 2.45) is 0 Å². The van der Waals surface area contributed by atoms with Crippen molar-refractivity contribution in [3.05, 3.63) is 11.9 Å². The lowest BCUT2D eigenvalue weighted by molar-refractivity contribution is -0.148. The van der Waals surface area contributed by atoms with Crippen molar-refractivity contribution in [1.82, 2.24) is 25.6 Å². The van der Waals surface area contributed by atoms with Crippen LogP contribution in [0, 0.1) is 0 Å². The zero-order chi connectivity index (χ0) is 13.5. The van der Waals surface area contributed by atoms with Gasteiger partial charge in [0.1, 0.15) is 5.54 Å². The number of carboxylic acid groups (broad SMARTS) is 1. The maximum Gasteiger partial charge on any atom is 0.329 e. The van der Waals surface area contributed by atoms with Gasteiger partial charge in [-0.1, -0.05) is 5.21 Å². The molecule has 19 heavy (non-hydrogen) atoms. The molecule has 1 aliphatic heterocycles. The molecule has 8 nitrogen and oxygen atoms in total. The molecule has 1 saturated heterocycles. The number of hydrogen-bond donors (Lipinski definition) is 3. The predicted molar refractivity (Wildman–Crippen MR) is 63.6 cm³/mol. The fourth-order valence-electron chi connectivity index (χ4n) is 2.22. The molecule has 8 heteroatoms. The van der Waals surface area contributed by atoms with Gasteiger partial charge in [-0.05, 0) is 19.3 Å². The van der Waals surface area contributed by atoms with Gasteiger partial charge in [-0.15, -0.1) is 5.10 Å². The van der Waals surface area contributed by atoms with E-state index < -0.39 is 17.4 Å². The molecule has 0 radical (unpaired) electrons. The lowest BCUT2D eigenvalue weighted by Crippen LogP contribution is -2.59. The molecule has 0 bridgehead atoms. The van der Waals surface area contributed by atoms with E-state index in [0.717, 1.165) is 19.5 Å². The van der Waals surface area contributed by atoms with Crippen LogP contribution in [0.4, 0.5) is 0 Å². The van der Waals surface area contributed by atoms with E-state index in [0.29, 0.717) is 12.8 Å². The molecule has 1 aromatic rings. The highest BCUT2D eigenvalue weighted by Crippen LogP contribution is 2.32. The van der Waals surface area contributed by atoms with Crippen molar-refractivity contribution in [1.29, 1.82) is 0 Å². The first kappa shape index (κ1) is 12.1. The molecular weight excluding hydrogens is 250 g/mol. The summed E-state index contributed by atoms with van der Waals surface area (Å²) in [5, 5.41) is 22.5. The number of nitrogens with zero attached hydrogens (tertiary/aromatic N) is 3. The number of nitrogens with one attached hydrogen (secondary N) is 2. The Labute approximate surface area is 109 Å². The van der Waals surface area contributed by atoms with Crippen LogP contribution in [-0.4, -0.2) is 50.6 Å². The Morgan fingerprint density at radius 2 is 2.21 bits per heavy atom. The number of amides is 1. The molecule has 3 rings (SSSR count). The molecule has 0 unspecified atom stereocenters. The van der Waals surface area contributed by atoms with Gasteiger partial charge in [0.2, 0.25) is 0 Å². The number of carbonyl (C=O) groups is 2. The normalized spacial score (nSPS) is 21.3. The number of carbonyl (C=O) groups excluding carboxylic acids is 1.